The molecule has 1 aliphatic rings. The molecule has 0 radical (unpaired) electrons. The summed E-state index contributed by atoms with van der Waals surface area (Å²) in [5, 5.41) is 6.98. The third-order valence-electron chi connectivity index (χ3n) is 3.37. The van der Waals surface area contributed by atoms with E-state index in [2.05, 4.69) is 15.2 Å². The van der Waals surface area contributed by atoms with E-state index in [0.717, 1.165) is 17.7 Å². The second kappa shape index (κ2) is 5.32. The van der Waals surface area contributed by atoms with E-state index in [1.807, 2.05) is 6.92 Å². The van der Waals surface area contributed by atoms with Crippen LogP contribution in [-0.4, -0.2) is 39.1 Å². The maximum absolute atomic E-state index is 12.6. The number of rotatable bonds is 3. The minimum atomic E-state index is -0.0478. The van der Waals surface area contributed by atoms with Gasteiger partial charge in [0.05, 0.1) is 12.8 Å². The summed E-state index contributed by atoms with van der Waals surface area (Å²) in [7, 11) is 0. The van der Waals surface area contributed by atoms with E-state index >= 15 is 0 Å². The van der Waals surface area contributed by atoms with E-state index in [9.17, 15) is 4.79 Å². The molecule has 3 heterocycles. The summed E-state index contributed by atoms with van der Waals surface area (Å²) >= 11 is 0. The molecule has 20 heavy (non-hydrogen) atoms. The zero-order valence-corrected chi connectivity index (χ0v) is 11.3. The third-order valence-corrected chi connectivity index (χ3v) is 3.37. The zero-order valence-electron chi connectivity index (χ0n) is 11.3. The van der Waals surface area contributed by atoms with Crippen molar-refractivity contribution in [2.45, 2.75) is 19.9 Å². The highest BCUT2D eigenvalue weighted by atomic mass is 16.5. The first-order valence-corrected chi connectivity index (χ1v) is 6.67. The molecular weight excluding hydrogens is 256 g/mol. The van der Waals surface area contributed by atoms with Gasteiger partial charge in [-0.2, -0.15) is 5.10 Å². The summed E-state index contributed by atoms with van der Waals surface area (Å²) in [4.78, 5) is 18.5. The highest BCUT2D eigenvalue weighted by molar-refractivity contribution is 5.96. The molecule has 0 saturated carbocycles. The number of H-pyrrole nitrogens is 1. The lowest BCUT2D eigenvalue weighted by molar-refractivity contribution is 0.0729. The molecule has 0 unspecified atom stereocenters. The van der Waals surface area contributed by atoms with E-state index in [0.29, 0.717) is 31.1 Å². The van der Waals surface area contributed by atoms with E-state index in [-0.39, 0.29) is 5.91 Å². The second-order valence-corrected chi connectivity index (χ2v) is 4.64. The first-order chi connectivity index (χ1) is 9.79. The van der Waals surface area contributed by atoms with Crippen LogP contribution < -0.4 is 4.74 Å². The van der Waals surface area contributed by atoms with Gasteiger partial charge in [-0.15, -0.1) is 0 Å². The summed E-state index contributed by atoms with van der Waals surface area (Å²) < 4.78 is 5.43. The highest BCUT2D eigenvalue weighted by Gasteiger charge is 2.25. The minimum Gasteiger partial charge on any atom is -0.477 e. The van der Waals surface area contributed by atoms with Gasteiger partial charge in [0, 0.05) is 37.0 Å². The van der Waals surface area contributed by atoms with Gasteiger partial charge in [-0.25, -0.2) is 4.98 Å². The number of amides is 1. The Balaban J connectivity index is 1.83. The summed E-state index contributed by atoms with van der Waals surface area (Å²) in [5.74, 6) is 0.353. The van der Waals surface area contributed by atoms with Gasteiger partial charge < -0.3 is 9.64 Å². The number of nitrogens with zero attached hydrogens (tertiary/aromatic N) is 3. The average Bonchev–Trinajstić information content (AvgIpc) is 2.95. The first kappa shape index (κ1) is 12.7. The molecule has 1 N–H and O–H groups in total. The quantitative estimate of drug-likeness (QED) is 0.917. The van der Waals surface area contributed by atoms with Gasteiger partial charge in [0.25, 0.3) is 5.91 Å². The monoisotopic (exact) mass is 272 g/mol. The topological polar surface area (TPSA) is 71.1 Å². The number of hydrogen-bond acceptors (Lipinski definition) is 4. The molecule has 0 aromatic carbocycles. The fourth-order valence-corrected chi connectivity index (χ4v) is 2.37. The molecule has 1 aliphatic heterocycles. The Bertz CT molecular complexity index is 623. The van der Waals surface area contributed by atoms with Crippen molar-refractivity contribution < 1.29 is 9.53 Å². The van der Waals surface area contributed by atoms with Crippen LogP contribution in [0.3, 0.4) is 0 Å². The number of aromatic nitrogens is 3. The number of fused-ring (bicyclic) bond motifs is 1. The molecule has 104 valence electrons. The molecule has 1 amide bonds. The molecule has 0 atom stereocenters. The number of ether oxygens (including phenoxy) is 1. The predicted molar refractivity (Wildman–Crippen MR) is 72.4 cm³/mol. The lowest BCUT2D eigenvalue weighted by Crippen LogP contribution is -2.36. The number of aromatic amines is 1. The maximum Gasteiger partial charge on any atom is 0.259 e. The predicted octanol–water partition coefficient (Wildman–Crippen LogP) is 1.40. The average molecular weight is 272 g/mol. The van der Waals surface area contributed by atoms with Crippen molar-refractivity contribution in [3.8, 4) is 5.88 Å². The molecule has 0 saturated heterocycles. The van der Waals surface area contributed by atoms with E-state index in [1.54, 1.807) is 29.4 Å². The molecule has 3 rings (SSSR count). The van der Waals surface area contributed by atoms with Crippen molar-refractivity contribution in [2.24, 2.45) is 0 Å². The smallest absolute Gasteiger partial charge is 0.259 e. The van der Waals surface area contributed by atoms with Gasteiger partial charge in [0.15, 0.2) is 0 Å². The molecule has 0 fully saturated rings. The number of pyridine rings is 1. The van der Waals surface area contributed by atoms with Crippen molar-refractivity contribution in [1.82, 2.24) is 20.1 Å². The number of carbonyl (C=O) groups excluding carboxylic acids is 1. The lowest BCUT2D eigenvalue weighted by atomic mass is 10.1. The molecule has 0 spiro atoms. The Morgan fingerprint density at radius 1 is 1.55 bits per heavy atom. The van der Waals surface area contributed by atoms with Gasteiger partial charge in [-0.1, -0.05) is 0 Å². The van der Waals surface area contributed by atoms with Crippen LogP contribution in [0.4, 0.5) is 0 Å². The third kappa shape index (κ3) is 2.24. The van der Waals surface area contributed by atoms with E-state index in [4.69, 9.17) is 4.74 Å². The summed E-state index contributed by atoms with van der Waals surface area (Å²) in [6, 6.07) is 3.51. The van der Waals surface area contributed by atoms with Gasteiger partial charge in [-0.05, 0) is 19.1 Å². The molecule has 0 aliphatic carbocycles. The molecule has 6 nitrogen and oxygen atoms in total. The molecule has 2 aromatic heterocycles. The Labute approximate surface area is 116 Å². The van der Waals surface area contributed by atoms with Crippen LogP contribution in [0.5, 0.6) is 5.88 Å². The van der Waals surface area contributed by atoms with Crippen molar-refractivity contribution in [3.05, 3.63) is 41.3 Å². The van der Waals surface area contributed by atoms with E-state index < -0.39 is 0 Å². The van der Waals surface area contributed by atoms with Gasteiger partial charge in [0.1, 0.15) is 5.56 Å². The van der Waals surface area contributed by atoms with Gasteiger partial charge in [-0.3, -0.25) is 9.89 Å². The Kier molecular flexibility index (Phi) is 3.37. The summed E-state index contributed by atoms with van der Waals surface area (Å²) in [6.45, 7) is 3.62. The standard InChI is InChI=1S/C14H16N4O2/c1-2-20-13-11(4-3-6-15-13)14(19)18-7-5-12-10(9-18)8-16-17-12/h3-4,6,8H,2,5,7,9H2,1H3,(H,16,17). The first-order valence-electron chi connectivity index (χ1n) is 6.67. The van der Waals surface area contributed by atoms with Crippen molar-refractivity contribution in [1.29, 1.82) is 0 Å². The maximum atomic E-state index is 12.6. The molecule has 6 heteroatoms. The molecular formula is C14H16N4O2. The highest BCUT2D eigenvalue weighted by Crippen LogP contribution is 2.22. The second-order valence-electron chi connectivity index (χ2n) is 4.64. The fourth-order valence-electron chi connectivity index (χ4n) is 2.37. The summed E-state index contributed by atoms with van der Waals surface area (Å²) in [6.07, 6.45) is 4.21. The van der Waals surface area contributed by atoms with Crippen LogP contribution in [0.15, 0.2) is 24.5 Å². The van der Waals surface area contributed by atoms with Crippen LogP contribution in [0.2, 0.25) is 0 Å². The summed E-state index contributed by atoms with van der Waals surface area (Å²) in [5.41, 5.74) is 2.71. The largest absolute Gasteiger partial charge is 0.477 e. The Hall–Kier alpha value is -2.37. The number of hydrogen-bond donors (Lipinski definition) is 1. The van der Waals surface area contributed by atoms with Crippen LogP contribution in [0.1, 0.15) is 28.5 Å². The normalized spacial score (nSPS) is 13.9. The van der Waals surface area contributed by atoms with E-state index in [1.165, 1.54) is 0 Å². The van der Waals surface area contributed by atoms with Gasteiger partial charge >= 0.3 is 0 Å². The number of nitrogens with one attached hydrogen (secondary N) is 1. The van der Waals surface area contributed by atoms with Crippen molar-refractivity contribution in [2.75, 3.05) is 13.2 Å². The van der Waals surface area contributed by atoms with Crippen molar-refractivity contribution in [3.63, 3.8) is 0 Å². The number of carbonyl (C=O) groups is 1. The fraction of sp³-hybridized carbons (Fsp3) is 0.357. The van der Waals surface area contributed by atoms with Crippen LogP contribution >= 0.6 is 0 Å². The SMILES string of the molecule is CCOc1ncccc1C(=O)N1CCc2[nH]ncc2C1. The Morgan fingerprint density at radius 3 is 3.30 bits per heavy atom. The van der Waals surface area contributed by atoms with Crippen LogP contribution in [0.25, 0.3) is 0 Å². The minimum absolute atomic E-state index is 0.0478. The molecule has 0 bridgehead atoms. The van der Waals surface area contributed by atoms with Gasteiger partial charge in [0.2, 0.25) is 5.88 Å². The Morgan fingerprint density at radius 2 is 2.45 bits per heavy atom. The lowest BCUT2D eigenvalue weighted by Gasteiger charge is -2.27. The van der Waals surface area contributed by atoms with Crippen LogP contribution in [0, 0.1) is 0 Å². The van der Waals surface area contributed by atoms with Crippen molar-refractivity contribution >= 4 is 5.91 Å². The zero-order chi connectivity index (χ0) is 13.9. The molecule has 2 aromatic rings. The van der Waals surface area contributed by atoms with Crippen LogP contribution in [-0.2, 0) is 13.0 Å².